The molecule has 0 atom stereocenters. The number of aromatic nitrogens is 1. The molecule has 110 valence electrons. The van der Waals surface area contributed by atoms with E-state index in [2.05, 4.69) is 10.3 Å². The summed E-state index contributed by atoms with van der Waals surface area (Å²) in [6.07, 6.45) is 3.52. The van der Waals surface area contributed by atoms with Gasteiger partial charge in [-0.3, -0.25) is 9.78 Å². The molecule has 0 aliphatic heterocycles. The van der Waals surface area contributed by atoms with Crippen molar-refractivity contribution >= 4 is 22.4 Å². The van der Waals surface area contributed by atoms with Gasteiger partial charge in [0, 0.05) is 23.5 Å². The number of hydrogen-bond donors (Lipinski definition) is 1. The third-order valence-corrected chi connectivity index (χ3v) is 3.38. The van der Waals surface area contributed by atoms with E-state index in [0.29, 0.717) is 0 Å². The quantitative estimate of drug-likeness (QED) is 0.800. The number of rotatable bonds is 4. The molecular weight excluding hydrogens is 276 g/mol. The molecule has 0 fully saturated rings. The Balaban J connectivity index is 1.64. The van der Waals surface area contributed by atoms with Crippen molar-refractivity contribution in [3.8, 4) is 5.75 Å². The summed E-state index contributed by atoms with van der Waals surface area (Å²) < 4.78 is 5.53. The van der Waals surface area contributed by atoms with Crippen LogP contribution < -0.4 is 10.1 Å². The number of fused-ring (bicyclic) bond motifs is 1. The summed E-state index contributed by atoms with van der Waals surface area (Å²) in [5.41, 5.74) is 1.74. The molecule has 1 N–H and O–H groups in total. The monoisotopic (exact) mass is 292 g/mol. The van der Waals surface area contributed by atoms with E-state index in [1.165, 1.54) is 0 Å². The van der Waals surface area contributed by atoms with Gasteiger partial charge in [0.25, 0.3) is 5.91 Å². The van der Waals surface area contributed by atoms with E-state index >= 15 is 0 Å². The van der Waals surface area contributed by atoms with E-state index in [1.54, 1.807) is 12.4 Å². The normalized spacial score (nSPS) is 10.4. The lowest BCUT2D eigenvalue weighted by Crippen LogP contribution is -2.20. The fraction of sp³-hybridized carbons (Fsp3) is 0.111. The van der Waals surface area contributed by atoms with Crippen molar-refractivity contribution in [2.45, 2.75) is 6.92 Å². The summed E-state index contributed by atoms with van der Waals surface area (Å²) in [4.78, 5) is 16.1. The maximum absolute atomic E-state index is 12.0. The van der Waals surface area contributed by atoms with Crippen molar-refractivity contribution in [2.75, 3.05) is 11.9 Å². The van der Waals surface area contributed by atoms with Gasteiger partial charge in [0.2, 0.25) is 0 Å². The van der Waals surface area contributed by atoms with Crippen LogP contribution in [0.3, 0.4) is 0 Å². The predicted molar refractivity (Wildman–Crippen MR) is 87.0 cm³/mol. The zero-order valence-electron chi connectivity index (χ0n) is 12.2. The Kier molecular flexibility index (Phi) is 4.01. The van der Waals surface area contributed by atoms with E-state index in [9.17, 15) is 4.79 Å². The summed E-state index contributed by atoms with van der Waals surface area (Å²) >= 11 is 0. The first-order valence-corrected chi connectivity index (χ1v) is 7.04. The molecule has 0 radical (unpaired) electrons. The summed E-state index contributed by atoms with van der Waals surface area (Å²) in [6.45, 7) is 1.93. The van der Waals surface area contributed by atoms with Crippen LogP contribution in [0.1, 0.15) is 5.56 Å². The molecule has 22 heavy (non-hydrogen) atoms. The van der Waals surface area contributed by atoms with E-state index in [4.69, 9.17) is 4.74 Å². The highest BCUT2D eigenvalue weighted by molar-refractivity contribution is 5.94. The highest BCUT2D eigenvalue weighted by atomic mass is 16.5. The second kappa shape index (κ2) is 6.26. The number of nitrogens with one attached hydrogen (secondary N) is 1. The average molecular weight is 292 g/mol. The molecule has 2 aromatic carbocycles. The Bertz CT molecular complexity index is 815. The number of aryl methyl sites for hydroxylation is 1. The standard InChI is InChI=1S/C18H16N2O2/c1-13-4-2-3-5-17(13)22-12-18(21)20-16-7-6-14-8-9-19-11-15(14)10-16/h2-11H,12H2,1H3,(H,20,21). The van der Waals surface area contributed by atoms with Gasteiger partial charge in [-0.15, -0.1) is 0 Å². The SMILES string of the molecule is Cc1ccccc1OCC(=O)Nc1ccc2ccncc2c1. The topological polar surface area (TPSA) is 51.2 Å². The number of anilines is 1. The smallest absolute Gasteiger partial charge is 0.262 e. The van der Waals surface area contributed by atoms with Crippen molar-refractivity contribution in [1.29, 1.82) is 0 Å². The first-order chi connectivity index (χ1) is 10.7. The summed E-state index contributed by atoms with van der Waals surface area (Å²) in [7, 11) is 0. The Morgan fingerprint density at radius 2 is 2.00 bits per heavy atom. The number of carbonyl (C=O) groups excluding carboxylic acids is 1. The van der Waals surface area contributed by atoms with Crippen LogP contribution in [0.5, 0.6) is 5.75 Å². The summed E-state index contributed by atoms with van der Waals surface area (Å²) in [5.74, 6) is 0.534. The zero-order valence-corrected chi connectivity index (χ0v) is 12.2. The fourth-order valence-electron chi connectivity index (χ4n) is 2.22. The van der Waals surface area contributed by atoms with E-state index in [1.807, 2.05) is 55.5 Å². The number of ether oxygens (including phenoxy) is 1. The first kappa shape index (κ1) is 14.1. The second-order valence-electron chi connectivity index (χ2n) is 5.04. The zero-order chi connectivity index (χ0) is 15.4. The van der Waals surface area contributed by atoms with Gasteiger partial charge in [-0.2, -0.15) is 0 Å². The van der Waals surface area contributed by atoms with Crippen LogP contribution in [0.4, 0.5) is 5.69 Å². The third-order valence-electron chi connectivity index (χ3n) is 3.38. The number of benzene rings is 2. The lowest BCUT2D eigenvalue weighted by atomic mass is 10.1. The van der Waals surface area contributed by atoms with Gasteiger partial charge in [-0.05, 0) is 42.1 Å². The number of amides is 1. The van der Waals surface area contributed by atoms with Crippen LogP contribution in [0, 0.1) is 6.92 Å². The molecule has 0 unspecified atom stereocenters. The van der Waals surface area contributed by atoms with Gasteiger partial charge in [0.05, 0.1) is 0 Å². The number of pyridine rings is 1. The molecule has 0 spiro atoms. The molecule has 1 heterocycles. The highest BCUT2D eigenvalue weighted by Gasteiger charge is 2.05. The van der Waals surface area contributed by atoms with Crippen LogP contribution >= 0.6 is 0 Å². The van der Waals surface area contributed by atoms with Gasteiger partial charge in [-0.1, -0.05) is 24.3 Å². The largest absolute Gasteiger partial charge is 0.483 e. The van der Waals surface area contributed by atoms with Crippen LogP contribution in [0.15, 0.2) is 60.9 Å². The predicted octanol–water partition coefficient (Wildman–Crippen LogP) is 3.56. The molecule has 4 heteroatoms. The van der Waals surface area contributed by atoms with Crippen molar-refractivity contribution in [3.63, 3.8) is 0 Å². The average Bonchev–Trinajstić information content (AvgIpc) is 2.54. The molecule has 3 aromatic rings. The van der Waals surface area contributed by atoms with E-state index in [-0.39, 0.29) is 12.5 Å². The van der Waals surface area contributed by atoms with Crippen LogP contribution in [-0.4, -0.2) is 17.5 Å². The van der Waals surface area contributed by atoms with E-state index < -0.39 is 0 Å². The van der Waals surface area contributed by atoms with Gasteiger partial charge in [-0.25, -0.2) is 0 Å². The van der Waals surface area contributed by atoms with Crippen LogP contribution in [0.25, 0.3) is 10.8 Å². The molecular formula is C18H16N2O2. The Morgan fingerprint density at radius 3 is 2.86 bits per heavy atom. The molecule has 3 rings (SSSR count). The minimum Gasteiger partial charge on any atom is -0.483 e. The maximum Gasteiger partial charge on any atom is 0.262 e. The molecule has 0 bridgehead atoms. The number of nitrogens with zero attached hydrogens (tertiary/aromatic N) is 1. The fourth-order valence-corrected chi connectivity index (χ4v) is 2.22. The minimum atomic E-state index is -0.188. The Hall–Kier alpha value is -2.88. The van der Waals surface area contributed by atoms with E-state index in [0.717, 1.165) is 27.8 Å². The maximum atomic E-state index is 12.0. The molecule has 1 amide bonds. The minimum absolute atomic E-state index is 0.0179. The summed E-state index contributed by atoms with van der Waals surface area (Å²) in [5, 5.41) is 4.91. The van der Waals surface area contributed by atoms with Gasteiger partial charge >= 0.3 is 0 Å². The van der Waals surface area contributed by atoms with Gasteiger partial charge in [0.15, 0.2) is 6.61 Å². The number of hydrogen-bond acceptors (Lipinski definition) is 3. The van der Waals surface area contributed by atoms with Crippen molar-refractivity contribution < 1.29 is 9.53 Å². The van der Waals surface area contributed by atoms with Crippen molar-refractivity contribution in [3.05, 3.63) is 66.5 Å². The second-order valence-corrected chi connectivity index (χ2v) is 5.04. The number of para-hydroxylation sites is 1. The van der Waals surface area contributed by atoms with Gasteiger partial charge in [0.1, 0.15) is 5.75 Å². The lowest BCUT2D eigenvalue weighted by Gasteiger charge is -2.09. The third kappa shape index (κ3) is 3.23. The Morgan fingerprint density at radius 1 is 1.14 bits per heavy atom. The summed E-state index contributed by atoms with van der Waals surface area (Å²) in [6, 6.07) is 15.3. The molecule has 0 aliphatic rings. The van der Waals surface area contributed by atoms with Gasteiger partial charge < -0.3 is 10.1 Å². The molecule has 0 saturated carbocycles. The molecule has 4 nitrogen and oxygen atoms in total. The van der Waals surface area contributed by atoms with Crippen molar-refractivity contribution in [2.24, 2.45) is 0 Å². The van der Waals surface area contributed by atoms with Crippen LogP contribution in [-0.2, 0) is 4.79 Å². The molecule has 0 saturated heterocycles. The first-order valence-electron chi connectivity index (χ1n) is 7.04. The molecule has 1 aromatic heterocycles. The lowest BCUT2D eigenvalue weighted by molar-refractivity contribution is -0.118. The van der Waals surface area contributed by atoms with Crippen LogP contribution in [0.2, 0.25) is 0 Å². The highest BCUT2D eigenvalue weighted by Crippen LogP contribution is 2.18. The Labute approximate surface area is 128 Å². The van der Waals surface area contributed by atoms with Crippen molar-refractivity contribution in [1.82, 2.24) is 4.98 Å². The molecule has 0 aliphatic carbocycles. The number of carbonyl (C=O) groups is 1.